The van der Waals surface area contributed by atoms with Gasteiger partial charge in [-0.05, 0) is 35.9 Å². The van der Waals surface area contributed by atoms with E-state index < -0.39 is 11.5 Å². The van der Waals surface area contributed by atoms with Crippen LogP contribution >= 0.6 is 22.9 Å². The summed E-state index contributed by atoms with van der Waals surface area (Å²) in [5.41, 5.74) is -0.102. The minimum absolute atomic E-state index is 0.166. The highest BCUT2D eigenvalue weighted by Crippen LogP contribution is 2.44. The molecule has 0 saturated heterocycles. The Labute approximate surface area is 181 Å². The third-order valence-corrected chi connectivity index (χ3v) is 6.55. The summed E-state index contributed by atoms with van der Waals surface area (Å²) in [4.78, 5) is 28.0. The maximum Gasteiger partial charge on any atom is 0.264 e. The van der Waals surface area contributed by atoms with Gasteiger partial charge in [-0.2, -0.15) is 0 Å². The number of aliphatic hydroxyl groups is 1. The van der Waals surface area contributed by atoms with Crippen molar-refractivity contribution in [3.05, 3.63) is 74.9 Å². The Kier molecular flexibility index (Phi) is 4.54. The number of benzene rings is 2. The minimum Gasteiger partial charge on any atom is -0.454 e. The summed E-state index contributed by atoms with van der Waals surface area (Å²) >= 11 is 7.06. The van der Waals surface area contributed by atoms with Crippen molar-refractivity contribution in [3.8, 4) is 11.5 Å². The average Bonchev–Trinajstić information content (AvgIpc) is 3.43. The molecule has 2 aliphatic rings. The van der Waals surface area contributed by atoms with Crippen molar-refractivity contribution >= 4 is 40.3 Å². The van der Waals surface area contributed by atoms with Gasteiger partial charge in [0.2, 0.25) is 6.79 Å². The molecule has 2 aromatic carbocycles. The fourth-order valence-electron chi connectivity index (χ4n) is 3.84. The van der Waals surface area contributed by atoms with Gasteiger partial charge in [-0.1, -0.05) is 35.9 Å². The number of hydrogen-bond donors (Lipinski definition) is 1. The summed E-state index contributed by atoms with van der Waals surface area (Å²) in [7, 11) is 0. The van der Waals surface area contributed by atoms with E-state index in [-0.39, 0.29) is 25.5 Å². The molecule has 0 aliphatic carbocycles. The predicted octanol–water partition coefficient (Wildman–Crippen LogP) is 4.14. The Morgan fingerprint density at radius 2 is 1.93 bits per heavy atom. The molecule has 1 amide bonds. The van der Waals surface area contributed by atoms with E-state index in [1.165, 1.54) is 4.90 Å². The van der Waals surface area contributed by atoms with E-state index in [0.717, 1.165) is 16.9 Å². The van der Waals surface area contributed by atoms with Gasteiger partial charge < -0.3 is 19.5 Å². The molecule has 2 aliphatic heterocycles. The summed E-state index contributed by atoms with van der Waals surface area (Å²) in [6, 6.07) is 15.7. The van der Waals surface area contributed by atoms with Crippen LogP contribution in [0.4, 0.5) is 5.69 Å². The lowest BCUT2D eigenvalue weighted by Gasteiger charge is -2.22. The van der Waals surface area contributed by atoms with E-state index in [0.29, 0.717) is 32.0 Å². The van der Waals surface area contributed by atoms with Gasteiger partial charge in [0.05, 0.1) is 27.9 Å². The van der Waals surface area contributed by atoms with Gasteiger partial charge in [-0.25, -0.2) is 0 Å². The summed E-state index contributed by atoms with van der Waals surface area (Å²) in [6.45, 7) is 0.396. The fraction of sp³-hybridized carbons (Fsp3) is 0.182. The predicted molar refractivity (Wildman–Crippen MR) is 112 cm³/mol. The van der Waals surface area contributed by atoms with Gasteiger partial charge in [0.15, 0.2) is 22.9 Å². The van der Waals surface area contributed by atoms with Crippen molar-refractivity contribution in [1.29, 1.82) is 0 Å². The first-order chi connectivity index (χ1) is 14.5. The van der Waals surface area contributed by atoms with Gasteiger partial charge in [0.1, 0.15) is 0 Å². The molecule has 0 unspecified atom stereocenters. The Balaban J connectivity index is 1.47. The van der Waals surface area contributed by atoms with E-state index in [2.05, 4.69) is 0 Å². The fourth-order valence-corrected chi connectivity index (χ4v) is 4.82. The molecular formula is C22H16ClNO5S. The highest BCUT2D eigenvalue weighted by Gasteiger charge is 2.50. The SMILES string of the molecule is O=C(C[C@@]1(O)C(=O)N(Cc2ccc3c(c2)OCO3)c2ccccc21)c1ccc(Cl)s1. The number of anilines is 1. The minimum atomic E-state index is -1.93. The van der Waals surface area contributed by atoms with Crippen LogP contribution in [0.2, 0.25) is 4.34 Å². The molecule has 6 nitrogen and oxygen atoms in total. The van der Waals surface area contributed by atoms with Gasteiger partial charge >= 0.3 is 0 Å². The van der Waals surface area contributed by atoms with Crippen LogP contribution in [0.15, 0.2) is 54.6 Å². The number of thiophene rings is 1. The van der Waals surface area contributed by atoms with Gasteiger partial charge in [-0.15, -0.1) is 11.3 Å². The molecule has 0 fully saturated rings. The van der Waals surface area contributed by atoms with Crippen molar-refractivity contribution in [1.82, 2.24) is 0 Å². The third-order valence-electron chi connectivity index (χ3n) is 5.28. The number of fused-ring (bicyclic) bond motifs is 2. The second kappa shape index (κ2) is 7.12. The quantitative estimate of drug-likeness (QED) is 0.602. The van der Waals surface area contributed by atoms with Crippen molar-refractivity contribution in [3.63, 3.8) is 0 Å². The smallest absolute Gasteiger partial charge is 0.264 e. The molecule has 152 valence electrons. The number of hydrogen-bond acceptors (Lipinski definition) is 6. The molecule has 30 heavy (non-hydrogen) atoms. The number of halogens is 1. The summed E-state index contributed by atoms with van der Waals surface area (Å²) in [6.07, 6.45) is -0.350. The molecule has 1 aromatic heterocycles. The standard InChI is InChI=1S/C22H16ClNO5S/c23-20-8-7-19(30-20)16(25)10-22(27)14-3-1-2-4-15(14)24(21(22)26)11-13-5-6-17-18(9-13)29-12-28-17/h1-9,27H,10-12H2/t22-/m0/s1. The molecule has 0 spiro atoms. The van der Waals surface area contributed by atoms with E-state index in [4.69, 9.17) is 21.1 Å². The highest BCUT2D eigenvalue weighted by atomic mass is 35.5. The first-order valence-corrected chi connectivity index (χ1v) is 10.5. The Bertz CT molecular complexity index is 1180. The number of ether oxygens (including phenoxy) is 2. The lowest BCUT2D eigenvalue weighted by Crippen LogP contribution is -2.41. The number of ketones is 1. The maximum atomic E-state index is 13.3. The van der Waals surface area contributed by atoms with Crippen molar-refractivity contribution in [2.24, 2.45) is 0 Å². The number of para-hydroxylation sites is 1. The number of amides is 1. The van der Waals surface area contributed by atoms with Crippen LogP contribution in [-0.2, 0) is 16.9 Å². The Morgan fingerprint density at radius 1 is 1.13 bits per heavy atom. The number of carbonyl (C=O) groups excluding carboxylic acids is 2. The van der Waals surface area contributed by atoms with E-state index in [1.54, 1.807) is 42.5 Å². The van der Waals surface area contributed by atoms with Crippen LogP contribution in [-0.4, -0.2) is 23.6 Å². The normalized spacial score (nSPS) is 19.3. The zero-order chi connectivity index (χ0) is 20.9. The monoisotopic (exact) mass is 441 g/mol. The first-order valence-electron chi connectivity index (χ1n) is 9.26. The van der Waals surface area contributed by atoms with Crippen LogP contribution in [0.1, 0.15) is 27.2 Å². The lowest BCUT2D eigenvalue weighted by atomic mass is 9.89. The molecule has 1 N–H and O–H groups in total. The maximum absolute atomic E-state index is 13.3. The topological polar surface area (TPSA) is 76.1 Å². The molecule has 1 atom stereocenters. The van der Waals surface area contributed by atoms with Gasteiger partial charge in [0.25, 0.3) is 5.91 Å². The summed E-state index contributed by atoms with van der Waals surface area (Å²) in [5.74, 6) is 0.413. The van der Waals surface area contributed by atoms with Crippen LogP contribution in [0.5, 0.6) is 11.5 Å². The third kappa shape index (κ3) is 3.06. The van der Waals surface area contributed by atoms with Crippen molar-refractivity contribution in [2.75, 3.05) is 11.7 Å². The Hall–Kier alpha value is -2.87. The summed E-state index contributed by atoms with van der Waals surface area (Å²) in [5, 5.41) is 11.4. The van der Waals surface area contributed by atoms with Crippen molar-refractivity contribution < 1.29 is 24.2 Å². The number of Topliss-reactive ketones (excluding diaryl/α,β-unsaturated/α-hetero) is 1. The molecule has 8 heteroatoms. The van der Waals surface area contributed by atoms with E-state index >= 15 is 0 Å². The molecule has 0 bridgehead atoms. The van der Waals surface area contributed by atoms with Crippen LogP contribution in [0, 0.1) is 0 Å². The van der Waals surface area contributed by atoms with Crippen LogP contribution in [0.25, 0.3) is 0 Å². The zero-order valence-corrected chi connectivity index (χ0v) is 17.2. The number of nitrogens with zero attached hydrogens (tertiary/aromatic N) is 1. The molecule has 3 heterocycles. The highest BCUT2D eigenvalue weighted by molar-refractivity contribution is 7.18. The van der Waals surface area contributed by atoms with Crippen LogP contribution < -0.4 is 14.4 Å². The van der Waals surface area contributed by atoms with E-state index in [1.807, 2.05) is 12.1 Å². The average molecular weight is 442 g/mol. The molecule has 0 saturated carbocycles. The lowest BCUT2D eigenvalue weighted by molar-refractivity contribution is -0.136. The molecule has 5 rings (SSSR count). The molecule has 3 aromatic rings. The van der Waals surface area contributed by atoms with Gasteiger partial charge in [-0.3, -0.25) is 9.59 Å². The van der Waals surface area contributed by atoms with Gasteiger partial charge in [0, 0.05) is 5.56 Å². The summed E-state index contributed by atoms with van der Waals surface area (Å²) < 4.78 is 11.2. The molecular weight excluding hydrogens is 426 g/mol. The second-order valence-corrected chi connectivity index (χ2v) is 8.88. The number of rotatable bonds is 5. The van der Waals surface area contributed by atoms with Crippen LogP contribution in [0.3, 0.4) is 0 Å². The first kappa shape index (κ1) is 19.1. The van der Waals surface area contributed by atoms with Crippen molar-refractivity contribution in [2.45, 2.75) is 18.6 Å². The Morgan fingerprint density at radius 3 is 2.73 bits per heavy atom. The molecule has 0 radical (unpaired) electrons. The largest absolute Gasteiger partial charge is 0.454 e. The number of carbonyl (C=O) groups is 2. The second-order valence-electron chi connectivity index (χ2n) is 7.16. The van der Waals surface area contributed by atoms with E-state index in [9.17, 15) is 14.7 Å². The zero-order valence-electron chi connectivity index (χ0n) is 15.6.